The fraction of sp³-hybridized carbons (Fsp3) is 0.312. The minimum Gasteiger partial charge on any atom is -0.377 e. The topological polar surface area (TPSA) is 113 Å². The second-order valence-electron chi connectivity index (χ2n) is 5.79. The van der Waals surface area contributed by atoms with Crippen LogP contribution in [0.1, 0.15) is 37.2 Å². The van der Waals surface area contributed by atoms with Gasteiger partial charge in [0.1, 0.15) is 12.1 Å². The van der Waals surface area contributed by atoms with E-state index in [9.17, 15) is 14.4 Å². The lowest BCUT2D eigenvalue weighted by Crippen LogP contribution is -2.32. The third-order valence-corrected chi connectivity index (χ3v) is 4.29. The quantitative estimate of drug-likeness (QED) is 0.714. The summed E-state index contributed by atoms with van der Waals surface area (Å²) in [5, 5.41) is 8.07. The third kappa shape index (κ3) is 2.55. The van der Waals surface area contributed by atoms with Crippen molar-refractivity contribution in [1.82, 2.24) is 20.1 Å². The van der Waals surface area contributed by atoms with E-state index in [4.69, 9.17) is 14.3 Å². The molecule has 0 bridgehead atoms. The van der Waals surface area contributed by atoms with Crippen molar-refractivity contribution in [2.24, 2.45) is 0 Å². The minimum absolute atomic E-state index is 0.136. The highest BCUT2D eigenvalue weighted by atomic mass is 16.7. The van der Waals surface area contributed by atoms with E-state index in [2.05, 4.69) is 10.3 Å². The molecule has 1 aromatic carbocycles. The predicted molar refractivity (Wildman–Crippen MR) is 83.0 cm³/mol. The number of benzene rings is 1. The van der Waals surface area contributed by atoms with Crippen LogP contribution < -0.4 is 0 Å². The van der Waals surface area contributed by atoms with Gasteiger partial charge < -0.3 is 14.3 Å². The van der Waals surface area contributed by atoms with Crippen molar-refractivity contribution >= 4 is 17.8 Å². The van der Waals surface area contributed by atoms with Crippen LogP contribution in [0.15, 0.2) is 30.5 Å². The van der Waals surface area contributed by atoms with Gasteiger partial charge in [0.25, 0.3) is 11.8 Å². The Morgan fingerprint density at radius 3 is 2.54 bits per heavy atom. The maximum atomic E-state index is 12.3. The number of carbonyl (C=O) groups is 3. The number of rotatable bonds is 4. The molecule has 3 heterocycles. The van der Waals surface area contributed by atoms with E-state index in [1.165, 1.54) is 23.0 Å². The van der Waals surface area contributed by atoms with Crippen molar-refractivity contribution in [1.29, 1.82) is 0 Å². The van der Waals surface area contributed by atoms with Gasteiger partial charge in [-0.25, -0.2) is 9.48 Å². The molecule has 1 aromatic heterocycles. The summed E-state index contributed by atoms with van der Waals surface area (Å²) in [5.41, 5.74) is 0.225. The molecule has 2 aliphatic heterocycles. The largest absolute Gasteiger partial charge is 0.385 e. The average molecular weight is 358 g/mol. The number of hydrogen-bond acceptors (Lipinski definition) is 8. The molecule has 10 nitrogen and oxygen atoms in total. The first-order chi connectivity index (χ1) is 12.6. The fourth-order valence-electron chi connectivity index (χ4n) is 2.91. The Morgan fingerprint density at radius 2 is 1.88 bits per heavy atom. The molecule has 2 atom stereocenters. The molecule has 1 fully saturated rings. The van der Waals surface area contributed by atoms with Crippen molar-refractivity contribution in [2.75, 3.05) is 20.3 Å². The fourth-order valence-corrected chi connectivity index (χ4v) is 2.91. The van der Waals surface area contributed by atoms with Crippen molar-refractivity contribution in [2.45, 2.75) is 12.1 Å². The molecule has 0 N–H and O–H groups in total. The van der Waals surface area contributed by atoms with Crippen LogP contribution in [0, 0.1) is 0 Å². The molecular formula is C16H14N4O6. The zero-order chi connectivity index (χ0) is 18.3. The Kier molecular flexibility index (Phi) is 3.98. The van der Waals surface area contributed by atoms with E-state index in [0.29, 0.717) is 18.3 Å². The molecule has 134 valence electrons. The first-order valence-corrected chi connectivity index (χ1v) is 7.82. The Labute approximate surface area is 147 Å². The average Bonchev–Trinajstić information content (AvgIpc) is 3.37. The summed E-state index contributed by atoms with van der Waals surface area (Å²) in [5.74, 6) is -2.36. The number of hydrogen-bond donors (Lipinski definition) is 0. The summed E-state index contributed by atoms with van der Waals surface area (Å²) in [4.78, 5) is 41.7. The van der Waals surface area contributed by atoms with Gasteiger partial charge in [0, 0.05) is 7.11 Å². The van der Waals surface area contributed by atoms with Crippen molar-refractivity contribution in [3.8, 4) is 0 Å². The zero-order valence-electron chi connectivity index (χ0n) is 13.7. The molecule has 4 rings (SSSR count). The second kappa shape index (κ2) is 6.32. The van der Waals surface area contributed by atoms with Crippen LogP contribution >= 0.6 is 0 Å². The van der Waals surface area contributed by atoms with Gasteiger partial charge >= 0.3 is 5.97 Å². The maximum absolute atomic E-state index is 12.3. The lowest BCUT2D eigenvalue weighted by Gasteiger charge is -2.15. The molecule has 2 aliphatic rings. The van der Waals surface area contributed by atoms with Gasteiger partial charge in [0.05, 0.1) is 30.5 Å². The lowest BCUT2D eigenvalue weighted by atomic mass is 10.1. The van der Waals surface area contributed by atoms with Gasteiger partial charge in [-0.3, -0.25) is 9.59 Å². The van der Waals surface area contributed by atoms with E-state index in [1.807, 2.05) is 0 Å². The van der Waals surface area contributed by atoms with Gasteiger partial charge in [0.2, 0.25) is 0 Å². The Morgan fingerprint density at radius 1 is 1.19 bits per heavy atom. The smallest absolute Gasteiger partial charge is 0.377 e. The van der Waals surface area contributed by atoms with Gasteiger partial charge in [-0.15, -0.1) is 5.10 Å². The highest BCUT2D eigenvalue weighted by Gasteiger charge is 2.39. The predicted octanol–water partition coefficient (Wildman–Crippen LogP) is 0.232. The van der Waals surface area contributed by atoms with Gasteiger partial charge in [0.15, 0.2) is 5.69 Å². The molecule has 0 radical (unpaired) electrons. The minimum atomic E-state index is -0.960. The normalized spacial score (nSPS) is 22.0. The molecule has 0 saturated carbocycles. The van der Waals surface area contributed by atoms with E-state index in [1.54, 1.807) is 19.2 Å². The number of aromatic nitrogens is 3. The first kappa shape index (κ1) is 16.4. The van der Waals surface area contributed by atoms with Crippen LogP contribution in [0.4, 0.5) is 0 Å². The Bertz CT molecular complexity index is 859. The third-order valence-electron chi connectivity index (χ3n) is 4.29. The standard InChI is InChI=1S/C16H14N4O6/c1-24-13-8-25-7-12(13)19-6-11(17-18-19)16(23)26-20-14(21)9-4-2-3-5-10(9)15(20)22/h2-6,12-13H,7-8H2,1H3/t12-,13-/m1/s1. The van der Waals surface area contributed by atoms with Crippen LogP contribution in [0.3, 0.4) is 0 Å². The van der Waals surface area contributed by atoms with E-state index >= 15 is 0 Å². The molecule has 0 aliphatic carbocycles. The summed E-state index contributed by atoms with van der Waals surface area (Å²) < 4.78 is 12.1. The number of methoxy groups -OCH3 is 1. The summed E-state index contributed by atoms with van der Waals surface area (Å²) >= 11 is 0. The molecule has 2 aromatic rings. The van der Waals surface area contributed by atoms with Crippen molar-refractivity contribution in [3.63, 3.8) is 0 Å². The van der Waals surface area contributed by atoms with Crippen LogP contribution in [0.2, 0.25) is 0 Å². The molecule has 0 unspecified atom stereocenters. The highest BCUT2D eigenvalue weighted by molar-refractivity contribution is 6.21. The van der Waals surface area contributed by atoms with E-state index in [0.717, 1.165) is 0 Å². The van der Waals surface area contributed by atoms with Gasteiger partial charge in [-0.05, 0) is 12.1 Å². The zero-order valence-corrected chi connectivity index (χ0v) is 13.7. The first-order valence-electron chi connectivity index (χ1n) is 7.82. The molecule has 2 amide bonds. The number of hydroxylamine groups is 2. The number of ether oxygens (including phenoxy) is 2. The molecular weight excluding hydrogens is 344 g/mol. The summed E-state index contributed by atoms with van der Waals surface area (Å²) in [6, 6.07) is 6.00. The van der Waals surface area contributed by atoms with Gasteiger partial charge in [-0.2, -0.15) is 0 Å². The maximum Gasteiger partial charge on any atom is 0.385 e. The highest BCUT2D eigenvalue weighted by Crippen LogP contribution is 2.24. The van der Waals surface area contributed by atoms with E-state index < -0.39 is 17.8 Å². The monoisotopic (exact) mass is 358 g/mol. The number of nitrogens with zero attached hydrogens (tertiary/aromatic N) is 4. The van der Waals surface area contributed by atoms with Crippen molar-refractivity contribution < 1.29 is 28.7 Å². The lowest BCUT2D eigenvalue weighted by molar-refractivity contribution is -0.0588. The summed E-state index contributed by atoms with van der Waals surface area (Å²) in [7, 11) is 1.56. The number of fused-ring (bicyclic) bond motifs is 1. The number of imide groups is 1. The van der Waals surface area contributed by atoms with Crippen LogP contribution in [0.5, 0.6) is 0 Å². The molecule has 26 heavy (non-hydrogen) atoms. The summed E-state index contributed by atoms with van der Waals surface area (Å²) in [6.45, 7) is 0.782. The van der Waals surface area contributed by atoms with Crippen LogP contribution in [-0.2, 0) is 14.3 Å². The number of amides is 2. The Balaban J connectivity index is 1.50. The second-order valence-corrected chi connectivity index (χ2v) is 5.79. The van der Waals surface area contributed by atoms with Crippen LogP contribution in [-0.4, -0.2) is 64.3 Å². The van der Waals surface area contributed by atoms with Crippen molar-refractivity contribution in [3.05, 3.63) is 47.3 Å². The molecule has 1 saturated heterocycles. The van der Waals surface area contributed by atoms with Gasteiger partial charge in [-0.1, -0.05) is 22.4 Å². The number of carbonyl (C=O) groups excluding carboxylic acids is 3. The Hall–Kier alpha value is -3.11. The molecule has 0 spiro atoms. The molecule has 10 heteroatoms. The van der Waals surface area contributed by atoms with Crippen LogP contribution in [0.25, 0.3) is 0 Å². The SMILES string of the molecule is CO[C@@H]1COC[C@H]1n1cc(C(=O)ON2C(=O)c3ccccc3C2=O)nn1. The summed E-state index contributed by atoms with van der Waals surface area (Å²) in [6.07, 6.45) is 1.16. The van der Waals surface area contributed by atoms with E-state index in [-0.39, 0.29) is 29.0 Å².